The topological polar surface area (TPSA) is 122 Å². The number of carbonyl (C=O) groups excluding carboxylic acids is 2. The average Bonchev–Trinajstić information content (AvgIpc) is 3.72. The van der Waals surface area contributed by atoms with Crippen molar-refractivity contribution in [3.8, 4) is 11.4 Å². The summed E-state index contributed by atoms with van der Waals surface area (Å²) in [5.74, 6) is -1.12. The van der Waals surface area contributed by atoms with E-state index in [2.05, 4.69) is 60.1 Å². The number of carbonyl (C=O) groups is 2. The van der Waals surface area contributed by atoms with E-state index in [9.17, 15) is 9.59 Å². The number of ether oxygens (including phenoxy) is 3. The molecule has 0 N–H and O–H groups in total. The van der Waals surface area contributed by atoms with Crippen molar-refractivity contribution < 1.29 is 23.8 Å². The van der Waals surface area contributed by atoms with Gasteiger partial charge in [0.15, 0.2) is 11.4 Å². The van der Waals surface area contributed by atoms with Crippen LogP contribution >= 0.6 is 31.9 Å². The minimum Gasteiger partial charge on any atom is -0.458 e. The standard InChI is InChI=1S/C40H32Br2N6O5/c41-27-11-13-31-29(19-27)35(25-7-3-1-4-8-25)43-21-33-37(45-23-47(31)33)39(49)52-17-15-51-16-18-53-40(50)38-34-22-44-36(26-9-5-2-6-10-26)30-20-28(42)12-14-32(30)48(34)24-46-38/h1-5,7-9,11-14,19-20,23-24H,6,10,15-18,21-22H2. The van der Waals surface area contributed by atoms with Gasteiger partial charge in [-0.05, 0) is 54.8 Å². The summed E-state index contributed by atoms with van der Waals surface area (Å²) in [4.78, 5) is 45.0. The smallest absolute Gasteiger partial charge is 0.358 e. The van der Waals surface area contributed by atoms with Crippen molar-refractivity contribution in [2.24, 2.45) is 9.98 Å². The number of aromatic nitrogens is 4. The molecule has 0 saturated carbocycles. The Morgan fingerprint density at radius 2 is 1.26 bits per heavy atom. The zero-order valence-electron chi connectivity index (χ0n) is 28.4. The molecule has 0 spiro atoms. The molecule has 0 amide bonds. The van der Waals surface area contributed by atoms with E-state index in [1.165, 1.54) is 0 Å². The summed E-state index contributed by atoms with van der Waals surface area (Å²) < 4.78 is 22.3. The highest BCUT2D eigenvalue weighted by Crippen LogP contribution is 2.32. The van der Waals surface area contributed by atoms with Crippen LogP contribution in [0.5, 0.6) is 0 Å². The number of esters is 2. The zero-order valence-corrected chi connectivity index (χ0v) is 31.5. The van der Waals surface area contributed by atoms with Gasteiger partial charge in [0, 0.05) is 25.6 Å². The first kappa shape index (κ1) is 34.8. The largest absolute Gasteiger partial charge is 0.458 e. The highest BCUT2D eigenvalue weighted by atomic mass is 79.9. The number of aliphatic imine (C=N–C) groups is 2. The number of rotatable bonds is 10. The number of fused-ring (bicyclic) bond motifs is 6. The van der Waals surface area contributed by atoms with Crippen LogP contribution in [0.1, 0.15) is 61.9 Å². The highest BCUT2D eigenvalue weighted by Gasteiger charge is 2.27. The van der Waals surface area contributed by atoms with Crippen LogP contribution < -0.4 is 0 Å². The number of nitrogens with zero attached hydrogens (tertiary/aromatic N) is 6. The van der Waals surface area contributed by atoms with Gasteiger partial charge in [-0.25, -0.2) is 19.6 Å². The number of hydrogen-bond acceptors (Lipinski definition) is 9. The molecular weight excluding hydrogens is 804 g/mol. The quantitative estimate of drug-likeness (QED) is 0.105. The SMILES string of the molecule is O=C(OCCOCCOC(=O)c1ncn2c1CN=C(c1ccccc1)c1cc(Br)ccc1-2)c1ncn2c1CN=C(C1=CC=CCC1)c1cc(Br)ccc1-2. The molecule has 0 unspecified atom stereocenters. The number of imidazole rings is 2. The van der Waals surface area contributed by atoms with Crippen molar-refractivity contribution >= 4 is 55.2 Å². The Hall–Kier alpha value is -5.24. The summed E-state index contributed by atoms with van der Waals surface area (Å²) in [7, 11) is 0. The van der Waals surface area contributed by atoms with E-state index < -0.39 is 11.9 Å². The monoisotopic (exact) mass is 834 g/mol. The summed E-state index contributed by atoms with van der Waals surface area (Å²) >= 11 is 7.19. The fourth-order valence-electron chi connectivity index (χ4n) is 6.64. The third kappa shape index (κ3) is 7.11. The third-order valence-electron chi connectivity index (χ3n) is 9.13. The van der Waals surface area contributed by atoms with Crippen molar-refractivity contribution in [2.75, 3.05) is 26.4 Å². The van der Waals surface area contributed by atoms with Crippen LogP contribution in [0.15, 0.2) is 122 Å². The first-order valence-corrected chi connectivity index (χ1v) is 18.7. The molecule has 0 saturated heterocycles. The van der Waals surface area contributed by atoms with Gasteiger partial charge in [-0.3, -0.25) is 19.1 Å². The van der Waals surface area contributed by atoms with Gasteiger partial charge in [-0.15, -0.1) is 0 Å². The van der Waals surface area contributed by atoms with E-state index >= 15 is 0 Å². The third-order valence-corrected chi connectivity index (χ3v) is 10.1. The Kier molecular flexibility index (Phi) is 10.1. The highest BCUT2D eigenvalue weighted by molar-refractivity contribution is 9.10. The van der Waals surface area contributed by atoms with Gasteiger partial charge >= 0.3 is 11.9 Å². The van der Waals surface area contributed by atoms with Gasteiger partial charge in [-0.2, -0.15) is 0 Å². The number of halogens is 2. The predicted octanol–water partition coefficient (Wildman–Crippen LogP) is 7.54. The van der Waals surface area contributed by atoms with E-state index in [0.717, 1.165) is 66.8 Å². The fraction of sp³-hybridized carbons (Fsp3) is 0.200. The number of allylic oxidation sites excluding steroid dienone is 4. The summed E-state index contributed by atoms with van der Waals surface area (Å²) in [6.07, 6.45) is 11.4. The number of benzene rings is 3. The predicted molar refractivity (Wildman–Crippen MR) is 206 cm³/mol. The lowest BCUT2D eigenvalue weighted by Crippen LogP contribution is -2.16. The van der Waals surface area contributed by atoms with Crippen molar-refractivity contribution in [2.45, 2.75) is 25.9 Å². The second-order valence-electron chi connectivity index (χ2n) is 12.4. The van der Waals surface area contributed by atoms with Gasteiger partial charge in [0.05, 0.1) is 60.5 Å². The molecule has 0 bridgehead atoms. The van der Waals surface area contributed by atoms with E-state index in [0.29, 0.717) is 11.4 Å². The van der Waals surface area contributed by atoms with E-state index in [1.54, 1.807) is 12.7 Å². The summed E-state index contributed by atoms with van der Waals surface area (Å²) in [5.41, 5.74) is 9.23. The minimum absolute atomic E-state index is 0.00216. The van der Waals surface area contributed by atoms with Crippen LogP contribution in [-0.4, -0.2) is 68.9 Å². The molecule has 11 nitrogen and oxygen atoms in total. The number of hydrogen-bond donors (Lipinski definition) is 0. The lowest BCUT2D eigenvalue weighted by Gasteiger charge is -2.15. The van der Waals surface area contributed by atoms with Gasteiger partial charge in [0.1, 0.15) is 25.9 Å². The second kappa shape index (κ2) is 15.4. The van der Waals surface area contributed by atoms with Crippen LogP contribution in [-0.2, 0) is 27.3 Å². The van der Waals surface area contributed by atoms with E-state index in [-0.39, 0.29) is 50.9 Å². The Morgan fingerprint density at radius 3 is 1.83 bits per heavy atom. The molecule has 0 atom stereocenters. The Balaban J connectivity index is 0.862. The van der Waals surface area contributed by atoms with Crippen LogP contribution in [0.2, 0.25) is 0 Å². The van der Waals surface area contributed by atoms with Crippen molar-refractivity contribution in [3.63, 3.8) is 0 Å². The fourth-order valence-corrected chi connectivity index (χ4v) is 7.36. The molecule has 0 fully saturated rings. The molecule has 53 heavy (non-hydrogen) atoms. The molecule has 266 valence electrons. The molecule has 3 aliphatic rings. The zero-order chi connectivity index (χ0) is 36.3. The van der Waals surface area contributed by atoms with Gasteiger partial charge in [0.25, 0.3) is 0 Å². The minimum atomic E-state index is -0.567. The van der Waals surface area contributed by atoms with Crippen LogP contribution in [0.3, 0.4) is 0 Å². The Morgan fingerprint density at radius 1 is 0.698 bits per heavy atom. The maximum Gasteiger partial charge on any atom is 0.358 e. The first-order chi connectivity index (χ1) is 26.0. The molecule has 2 aliphatic heterocycles. The first-order valence-electron chi connectivity index (χ1n) is 17.1. The molecule has 0 radical (unpaired) electrons. The summed E-state index contributed by atoms with van der Waals surface area (Å²) in [6.45, 7) is 0.751. The molecule has 8 rings (SSSR count). The Bertz CT molecular complexity index is 2360. The Labute approximate surface area is 322 Å². The molecule has 3 aromatic carbocycles. The van der Waals surface area contributed by atoms with Crippen molar-refractivity contribution in [1.29, 1.82) is 0 Å². The summed E-state index contributed by atoms with van der Waals surface area (Å²) in [6, 6.07) is 21.9. The van der Waals surface area contributed by atoms with E-state index in [4.69, 9.17) is 24.2 Å². The lowest BCUT2D eigenvalue weighted by molar-refractivity contribution is 0.0145. The molecule has 5 aromatic rings. The molecule has 4 heterocycles. The van der Waals surface area contributed by atoms with E-state index in [1.807, 2.05) is 75.9 Å². The average molecular weight is 837 g/mol. The molecule has 1 aliphatic carbocycles. The van der Waals surface area contributed by atoms with Gasteiger partial charge in [-0.1, -0.05) is 80.4 Å². The molecule has 13 heteroatoms. The maximum atomic E-state index is 13.2. The second-order valence-corrected chi connectivity index (χ2v) is 14.2. The lowest BCUT2D eigenvalue weighted by atomic mass is 9.94. The van der Waals surface area contributed by atoms with Crippen molar-refractivity contribution in [3.05, 3.63) is 152 Å². The normalized spacial score (nSPS) is 14.3. The van der Waals surface area contributed by atoms with Crippen LogP contribution in [0, 0.1) is 0 Å². The van der Waals surface area contributed by atoms with Crippen molar-refractivity contribution in [1.82, 2.24) is 19.1 Å². The maximum absolute atomic E-state index is 13.2. The van der Waals surface area contributed by atoms with Gasteiger partial charge < -0.3 is 14.2 Å². The summed E-state index contributed by atoms with van der Waals surface area (Å²) in [5, 5.41) is 0. The van der Waals surface area contributed by atoms with Crippen LogP contribution in [0.25, 0.3) is 11.4 Å². The molecule has 2 aromatic heterocycles. The molecular formula is C40H32Br2N6O5. The van der Waals surface area contributed by atoms with Gasteiger partial charge in [0.2, 0.25) is 0 Å². The van der Waals surface area contributed by atoms with Crippen LogP contribution in [0.4, 0.5) is 0 Å².